The van der Waals surface area contributed by atoms with Gasteiger partial charge in [0.25, 0.3) is 0 Å². The highest BCUT2D eigenvalue weighted by Gasteiger charge is 2.13. The minimum atomic E-state index is -0.247. The number of nitrogens with one attached hydrogen (secondary N) is 1. The molecule has 0 bridgehead atoms. The van der Waals surface area contributed by atoms with Gasteiger partial charge in [0, 0.05) is 23.7 Å². The monoisotopic (exact) mass is 299 g/mol. The first-order valence-electron chi connectivity index (χ1n) is 7.52. The van der Waals surface area contributed by atoms with Crippen LogP contribution in [0.3, 0.4) is 0 Å². The second-order valence-electron chi connectivity index (χ2n) is 5.36. The molecule has 0 aliphatic heterocycles. The fraction of sp³-hybridized carbons (Fsp3) is 0.625. The molecule has 0 saturated heterocycles. The van der Waals surface area contributed by atoms with Crippen molar-refractivity contribution in [1.82, 2.24) is 5.32 Å². The second-order valence-corrected chi connectivity index (χ2v) is 5.77. The molecule has 0 radical (unpaired) electrons. The SMILES string of the molecule is Fc1cccc(Cl)c1CNCCCOC1CCCCC1. The summed E-state index contributed by atoms with van der Waals surface area (Å²) in [4.78, 5) is 0. The fourth-order valence-electron chi connectivity index (χ4n) is 2.59. The standard InChI is InChI=1S/C16H23ClFNO/c17-15-8-4-9-16(18)14(15)12-19-10-5-11-20-13-6-2-1-3-7-13/h4,8-9,13,19H,1-3,5-7,10-12H2. The molecule has 0 unspecified atom stereocenters. The molecule has 112 valence electrons. The average Bonchev–Trinajstić information content (AvgIpc) is 2.46. The van der Waals surface area contributed by atoms with Crippen LogP contribution in [0.4, 0.5) is 4.39 Å². The van der Waals surface area contributed by atoms with Gasteiger partial charge in [-0.25, -0.2) is 4.39 Å². The van der Waals surface area contributed by atoms with E-state index in [1.54, 1.807) is 12.1 Å². The fourth-order valence-corrected chi connectivity index (χ4v) is 2.82. The third kappa shape index (κ3) is 5.04. The molecule has 0 atom stereocenters. The smallest absolute Gasteiger partial charge is 0.129 e. The first-order chi connectivity index (χ1) is 9.77. The average molecular weight is 300 g/mol. The Morgan fingerprint density at radius 1 is 1.25 bits per heavy atom. The zero-order chi connectivity index (χ0) is 14.2. The van der Waals surface area contributed by atoms with Crippen LogP contribution in [0.25, 0.3) is 0 Å². The highest BCUT2D eigenvalue weighted by atomic mass is 35.5. The minimum absolute atomic E-state index is 0.247. The highest BCUT2D eigenvalue weighted by molar-refractivity contribution is 6.31. The van der Waals surface area contributed by atoms with E-state index in [1.807, 2.05) is 0 Å². The van der Waals surface area contributed by atoms with Crippen LogP contribution >= 0.6 is 11.6 Å². The van der Waals surface area contributed by atoms with Gasteiger partial charge < -0.3 is 10.1 Å². The van der Waals surface area contributed by atoms with E-state index in [4.69, 9.17) is 16.3 Å². The lowest BCUT2D eigenvalue weighted by molar-refractivity contribution is 0.0273. The highest BCUT2D eigenvalue weighted by Crippen LogP contribution is 2.20. The van der Waals surface area contributed by atoms with Crippen LogP contribution in [0.1, 0.15) is 44.1 Å². The van der Waals surface area contributed by atoms with Crippen LogP contribution in [0.5, 0.6) is 0 Å². The third-order valence-electron chi connectivity index (χ3n) is 3.77. The van der Waals surface area contributed by atoms with Gasteiger partial charge in [-0.3, -0.25) is 0 Å². The van der Waals surface area contributed by atoms with Crippen molar-refractivity contribution in [3.63, 3.8) is 0 Å². The summed E-state index contributed by atoms with van der Waals surface area (Å²) < 4.78 is 19.4. The van der Waals surface area contributed by atoms with Crippen LogP contribution in [0.15, 0.2) is 18.2 Å². The van der Waals surface area contributed by atoms with Crippen molar-refractivity contribution >= 4 is 11.6 Å². The van der Waals surface area contributed by atoms with E-state index in [2.05, 4.69) is 5.32 Å². The number of rotatable bonds is 7. The molecular formula is C16H23ClFNO. The molecule has 1 aromatic rings. The maximum Gasteiger partial charge on any atom is 0.129 e. The molecular weight excluding hydrogens is 277 g/mol. The van der Waals surface area contributed by atoms with E-state index in [0.717, 1.165) is 19.6 Å². The lowest BCUT2D eigenvalue weighted by Crippen LogP contribution is -2.21. The van der Waals surface area contributed by atoms with Gasteiger partial charge in [0.05, 0.1) is 6.10 Å². The van der Waals surface area contributed by atoms with Gasteiger partial charge >= 0.3 is 0 Å². The van der Waals surface area contributed by atoms with E-state index in [0.29, 0.717) is 23.2 Å². The summed E-state index contributed by atoms with van der Waals surface area (Å²) in [7, 11) is 0. The molecule has 1 saturated carbocycles. The molecule has 0 heterocycles. The van der Waals surface area contributed by atoms with Gasteiger partial charge in [-0.15, -0.1) is 0 Å². The predicted molar refractivity (Wildman–Crippen MR) is 80.6 cm³/mol. The van der Waals surface area contributed by atoms with Crippen LogP contribution < -0.4 is 5.32 Å². The van der Waals surface area contributed by atoms with Crippen molar-refractivity contribution in [2.24, 2.45) is 0 Å². The summed E-state index contributed by atoms with van der Waals surface area (Å²) in [6.07, 6.45) is 7.78. The summed E-state index contributed by atoms with van der Waals surface area (Å²) in [5.74, 6) is -0.247. The molecule has 1 N–H and O–H groups in total. The molecule has 0 aromatic heterocycles. The van der Waals surface area contributed by atoms with Gasteiger partial charge in [-0.05, 0) is 37.9 Å². The number of benzene rings is 1. The lowest BCUT2D eigenvalue weighted by atomic mass is 9.98. The van der Waals surface area contributed by atoms with Crippen molar-refractivity contribution in [2.75, 3.05) is 13.2 Å². The lowest BCUT2D eigenvalue weighted by Gasteiger charge is -2.21. The molecule has 2 rings (SSSR count). The van der Waals surface area contributed by atoms with Crippen molar-refractivity contribution in [2.45, 2.75) is 51.2 Å². The summed E-state index contributed by atoms with van der Waals surface area (Å²) in [5, 5.41) is 3.70. The second kappa shape index (κ2) is 8.60. The quantitative estimate of drug-likeness (QED) is 0.758. The molecule has 0 amide bonds. The van der Waals surface area contributed by atoms with Gasteiger partial charge in [0.1, 0.15) is 5.82 Å². The first-order valence-corrected chi connectivity index (χ1v) is 7.90. The Morgan fingerprint density at radius 3 is 2.80 bits per heavy atom. The maximum atomic E-state index is 13.5. The number of hydrogen-bond donors (Lipinski definition) is 1. The van der Waals surface area contributed by atoms with Gasteiger partial charge in [-0.1, -0.05) is 36.9 Å². The van der Waals surface area contributed by atoms with Crippen molar-refractivity contribution in [3.8, 4) is 0 Å². The van der Waals surface area contributed by atoms with Gasteiger partial charge in [0.2, 0.25) is 0 Å². The summed E-state index contributed by atoms with van der Waals surface area (Å²) in [5.41, 5.74) is 0.544. The molecule has 1 aliphatic rings. The number of halogens is 2. The largest absolute Gasteiger partial charge is 0.378 e. The summed E-state index contributed by atoms with van der Waals surface area (Å²) in [6, 6.07) is 4.78. The molecule has 1 fully saturated rings. The molecule has 20 heavy (non-hydrogen) atoms. The molecule has 4 heteroatoms. The predicted octanol–water partition coefficient (Wildman–Crippen LogP) is 4.31. The normalized spacial score (nSPS) is 16.5. The van der Waals surface area contributed by atoms with Crippen LogP contribution in [0, 0.1) is 5.82 Å². The van der Waals surface area contributed by atoms with Crippen molar-refractivity contribution in [3.05, 3.63) is 34.6 Å². The molecule has 1 aromatic carbocycles. The van der Waals surface area contributed by atoms with Crippen LogP contribution in [-0.2, 0) is 11.3 Å². The van der Waals surface area contributed by atoms with Crippen LogP contribution in [0.2, 0.25) is 5.02 Å². The van der Waals surface area contributed by atoms with E-state index in [1.165, 1.54) is 38.2 Å². The Labute approximate surface area is 125 Å². The molecule has 0 spiro atoms. The van der Waals surface area contributed by atoms with E-state index in [-0.39, 0.29) is 5.82 Å². The topological polar surface area (TPSA) is 21.3 Å². The molecule has 1 aliphatic carbocycles. The van der Waals surface area contributed by atoms with Crippen LogP contribution in [-0.4, -0.2) is 19.3 Å². The third-order valence-corrected chi connectivity index (χ3v) is 4.12. The van der Waals surface area contributed by atoms with E-state index >= 15 is 0 Å². The Kier molecular flexibility index (Phi) is 6.77. The number of ether oxygens (including phenoxy) is 1. The summed E-state index contributed by atoms with van der Waals surface area (Å²) >= 11 is 5.97. The Bertz CT molecular complexity index is 387. The Balaban J connectivity index is 1.57. The van der Waals surface area contributed by atoms with E-state index in [9.17, 15) is 4.39 Å². The first kappa shape index (κ1) is 15.7. The number of hydrogen-bond acceptors (Lipinski definition) is 2. The minimum Gasteiger partial charge on any atom is -0.378 e. The maximum absolute atomic E-state index is 13.5. The van der Waals surface area contributed by atoms with Gasteiger partial charge in [0.15, 0.2) is 0 Å². The Hall–Kier alpha value is -0.640. The van der Waals surface area contributed by atoms with Crippen molar-refractivity contribution in [1.29, 1.82) is 0 Å². The zero-order valence-electron chi connectivity index (χ0n) is 11.8. The summed E-state index contributed by atoms with van der Waals surface area (Å²) in [6.45, 7) is 2.06. The van der Waals surface area contributed by atoms with E-state index < -0.39 is 0 Å². The molecule has 2 nitrogen and oxygen atoms in total. The Morgan fingerprint density at radius 2 is 2.05 bits per heavy atom. The zero-order valence-corrected chi connectivity index (χ0v) is 12.6. The van der Waals surface area contributed by atoms with Gasteiger partial charge in [-0.2, -0.15) is 0 Å². The van der Waals surface area contributed by atoms with Crippen molar-refractivity contribution < 1.29 is 9.13 Å².